The Bertz CT molecular complexity index is 404. The number of aliphatic hydroxyl groups excluding tert-OH is 1. The first kappa shape index (κ1) is 10.7. The summed E-state index contributed by atoms with van der Waals surface area (Å²) in [6, 6.07) is 5.52. The third-order valence-corrected chi connectivity index (χ3v) is 3.30. The fraction of sp³-hybridized carbons (Fsp3) is 0.538. The Morgan fingerprint density at radius 2 is 1.94 bits per heavy atom. The maximum Gasteiger partial charge on any atom is 0.231 e. The summed E-state index contributed by atoms with van der Waals surface area (Å²) in [6.45, 7) is 0.269. The number of hydrogen-bond acceptors (Lipinski definition) is 4. The van der Waals surface area contributed by atoms with E-state index in [1.54, 1.807) is 0 Å². The van der Waals surface area contributed by atoms with Gasteiger partial charge >= 0.3 is 0 Å². The highest BCUT2D eigenvalue weighted by atomic mass is 16.7. The predicted molar refractivity (Wildman–Crippen MR) is 61.5 cm³/mol. The van der Waals surface area contributed by atoms with E-state index in [0.717, 1.165) is 37.2 Å². The molecular weight excluding hydrogens is 220 g/mol. The standard InChI is InChI=1S/C13H16O4/c14-10-3-1-2-4-11(10)17-9-5-6-12-13(7-9)16-8-15-12/h5-7,10-11,14H,1-4,8H2. The van der Waals surface area contributed by atoms with Crippen LogP contribution in [-0.4, -0.2) is 24.1 Å². The van der Waals surface area contributed by atoms with E-state index in [0.29, 0.717) is 5.75 Å². The van der Waals surface area contributed by atoms with Gasteiger partial charge in [0.2, 0.25) is 6.79 Å². The first-order valence-corrected chi connectivity index (χ1v) is 6.07. The van der Waals surface area contributed by atoms with E-state index in [9.17, 15) is 5.11 Å². The summed E-state index contributed by atoms with van der Waals surface area (Å²) in [6.07, 6.45) is 3.50. The summed E-state index contributed by atoms with van der Waals surface area (Å²) in [5.74, 6) is 2.20. The molecule has 0 spiro atoms. The van der Waals surface area contributed by atoms with Gasteiger partial charge in [-0.2, -0.15) is 0 Å². The van der Waals surface area contributed by atoms with Crippen LogP contribution in [0, 0.1) is 0 Å². The van der Waals surface area contributed by atoms with Crippen molar-refractivity contribution in [1.82, 2.24) is 0 Å². The average molecular weight is 236 g/mol. The van der Waals surface area contributed by atoms with Crippen molar-refractivity contribution in [3.8, 4) is 17.2 Å². The molecule has 1 aliphatic heterocycles. The first-order valence-electron chi connectivity index (χ1n) is 6.07. The molecule has 0 aromatic heterocycles. The molecule has 0 amide bonds. The van der Waals surface area contributed by atoms with Crippen LogP contribution >= 0.6 is 0 Å². The Kier molecular flexibility index (Phi) is 2.81. The Hall–Kier alpha value is -1.42. The van der Waals surface area contributed by atoms with Crippen LogP contribution in [0.15, 0.2) is 18.2 Å². The van der Waals surface area contributed by atoms with Gasteiger partial charge in [-0.1, -0.05) is 6.42 Å². The number of aliphatic hydroxyl groups is 1. The summed E-state index contributed by atoms with van der Waals surface area (Å²) in [7, 11) is 0. The van der Waals surface area contributed by atoms with E-state index < -0.39 is 0 Å². The zero-order chi connectivity index (χ0) is 11.7. The molecule has 0 saturated heterocycles. The van der Waals surface area contributed by atoms with Gasteiger partial charge < -0.3 is 19.3 Å². The molecule has 2 unspecified atom stereocenters. The lowest BCUT2D eigenvalue weighted by molar-refractivity contribution is 0.00679. The minimum absolute atomic E-state index is 0.0934. The molecule has 0 radical (unpaired) electrons. The maximum atomic E-state index is 9.84. The minimum Gasteiger partial charge on any atom is -0.488 e. The van der Waals surface area contributed by atoms with E-state index in [1.165, 1.54) is 0 Å². The first-order chi connectivity index (χ1) is 8.33. The third-order valence-electron chi connectivity index (χ3n) is 3.30. The fourth-order valence-corrected chi connectivity index (χ4v) is 2.34. The van der Waals surface area contributed by atoms with E-state index in [1.807, 2.05) is 18.2 Å². The molecule has 1 fully saturated rings. The molecule has 2 atom stereocenters. The van der Waals surface area contributed by atoms with E-state index in [4.69, 9.17) is 14.2 Å². The van der Waals surface area contributed by atoms with Crippen molar-refractivity contribution in [2.75, 3.05) is 6.79 Å². The second kappa shape index (κ2) is 4.45. The number of benzene rings is 1. The Labute approximate surface area is 100 Å². The Morgan fingerprint density at radius 1 is 1.12 bits per heavy atom. The largest absolute Gasteiger partial charge is 0.488 e. The molecule has 4 nitrogen and oxygen atoms in total. The van der Waals surface area contributed by atoms with Crippen molar-refractivity contribution < 1.29 is 19.3 Å². The van der Waals surface area contributed by atoms with Crippen LogP contribution in [0.2, 0.25) is 0 Å². The lowest BCUT2D eigenvalue weighted by Crippen LogP contribution is -2.34. The maximum absolute atomic E-state index is 9.84. The molecule has 1 aliphatic carbocycles. The molecule has 1 heterocycles. The van der Waals surface area contributed by atoms with Crippen LogP contribution in [0.4, 0.5) is 0 Å². The van der Waals surface area contributed by atoms with Crippen LogP contribution in [-0.2, 0) is 0 Å². The fourth-order valence-electron chi connectivity index (χ4n) is 2.34. The van der Waals surface area contributed by atoms with Crippen molar-refractivity contribution in [2.24, 2.45) is 0 Å². The summed E-state index contributed by atoms with van der Waals surface area (Å²) < 4.78 is 16.3. The zero-order valence-corrected chi connectivity index (χ0v) is 9.59. The zero-order valence-electron chi connectivity index (χ0n) is 9.59. The third kappa shape index (κ3) is 2.17. The molecule has 1 saturated carbocycles. The molecule has 0 bridgehead atoms. The molecule has 1 aromatic rings. The summed E-state index contributed by atoms with van der Waals surface area (Å²) in [4.78, 5) is 0. The van der Waals surface area contributed by atoms with Gasteiger partial charge in [0.25, 0.3) is 0 Å². The Morgan fingerprint density at radius 3 is 2.82 bits per heavy atom. The minimum atomic E-state index is -0.353. The number of hydrogen-bond donors (Lipinski definition) is 1. The van der Waals surface area contributed by atoms with Crippen LogP contribution in [0.1, 0.15) is 25.7 Å². The van der Waals surface area contributed by atoms with Crippen molar-refractivity contribution >= 4 is 0 Å². The molecule has 1 N–H and O–H groups in total. The molecule has 4 heteroatoms. The number of rotatable bonds is 2. The number of ether oxygens (including phenoxy) is 3. The Balaban J connectivity index is 1.72. The van der Waals surface area contributed by atoms with E-state index in [2.05, 4.69) is 0 Å². The van der Waals surface area contributed by atoms with Crippen molar-refractivity contribution in [3.63, 3.8) is 0 Å². The van der Waals surface area contributed by atoms with E-state index >= 15 is 0 Å². The van der Waals surface area contributed by atoms with Gasteiger partial charge in [-0.25, -0.2) is 0 Å². The molecule has 1 aromatic carbocycles. The second-order valence-corrected chi connectivity index (χ2v) is 4.52. The summed E-state index contributed by atoms with van der Waals surface area (Å²) in [5.41, 5.74) is 0. The highest BCUT2D eigenvalue weighted by Crippen LogP contribution is 2.36. The smallest absolute Gasteiger partial charge is 0.231 e. The monoisotopic (exact) mass is 236 g/mol. The van der Waals surface area contributed by atoms with Gasteiger partial charge in [0.1, 0.15) is 11.9 Å². The van der Waals surface area contributed by atoms with Gasteiger partial charge in [0.05, 0.1) is 6.10 Å². The molecule has 2 aliphatic rings. The van der Waals surface area contributed by atoms with Crippen molar-refractivity contribution in [3.05, 3.63) is 18.2 Å². The van der Waals surface area contributed by atoms with Crippen LogP contribution in [0.3, 0.4) is 0 Å². The van der Waals surface area contributed by atoms with Gasteiger partial charge in [-0.3, -0.25) is 0 Å². The van der Waals surface area contributed by atoms with Crippen LogP contribution in [0.25, 0.3) is 0 Å². The SMILES string of the molecule is OC1CCCCC1Oc1ccc2c(c1)OCO2. The normalized spacial score (nSPS) is 26.9. The number of fused-ring (bicyclic) bond motifs is 1. The van der Waals surface area contributed by atoms with Gasteiger partial charge in [-0.15, -0.1) is 0 Å². The quantitative estimate of drug-likeness (QED) is 0.854. The average Bonchev–Trinajstić information content (AvgIpc) is 2.79. The van der Waals surface area contributed by atoms with Crippen LogP contribution in [0.5, 0.6) is 17.2 Å². The van der Waals surface area contributed by atoms with E-state index in [-0.39, 0.29) is 19.0 Å². The lowest BCUT2D eigenvalue weighted by atomic mass is 9.95. The van der Waals surface area contributed by atoms with Gasteiger partial charge in [0, 0.05) is 6.07 Å². The van der Waals surface area contributed by atoms with Crippen molar-refractivity contribution in [1.29, 1.82) is 0 Å². The molecule has 17 heavy (non-hydrogen) atoms. The van der Waals surface area contributed by atoms with Crippen molar-refractivity contribution in [2.45, 2.75) is 37.9 Å². The topological polar surface area (TPSA) is 47.9 Å². The van der Waals surface area contributed by atoms with Crippen LogP contribution < -0.4 is 14.2 Å². The predicted octanol–water partition coefficient (Wildman–Crippen LogP) is 2.10. The van der Waals surface area contributed by atoms with Gasteiger partial charge in [0.15, 0.2) is 11.5 Å². The highest BCUT2D eigenvalue weighted by molar-refractivity contribution is 5.46. The second-order valence-electron chi connectivity index (χ2n) is 4.52. The summed E-state index contributed by atoms with van der Waals surface area (Å²) >= 11 is 0. The summed E-state index contributed by atoms with van der Waals surface area (Å²) in [5, 5.41) is 9.84. The highest BCUT2D eigenvalue weighted by Gasteiger charge is 2.25. The van der Waals surface area contributed by atoms with Gasteiger partial charge in [-0.05, 0) is 31.4 Å². The molecular formula is C13H16O4. The molecule has 3 rings (SSSR count). The molecule has 92 valence electrons. The lowest BCUT2D eigenvalue weighted by Gasteiger charge is -2.28.